The zero-order chi connectivity index (χ0) is 12.7. The maximum absolute atomic E-state index is 5.31. The van der Waals surface area contributed by atoms with Crippen LogP contribution in [0.2, 0.25) is 0 Å². The molecule has 0 aromatic carbocycles. The maximum Gasteiger partial charge on any atom is 0.128 e. The van der Waals surface area contributed by atoms with Gasteiger partial charge in [-0.25, -0.2) is 0 Å². The summed E-state index contributed by atoms with van der Waals surface area (Å²) in [5, 5.41) is 0. The van der Waals surface area contributed by atoms with Crippen LogP contribution in [0.1, 0.15) is 19.8 Å². The predicted molar refractivity (Wildman–Crippen MR) is 72.4 cm³/mol. The van der Waals surface area contributed by atoms with Crippen molar-refractivity contribution in [3.8, 4) is 0 Å². The Hall–Kier alpha value is -0.870. The van der Waals surface area contributed by atoms with E-state index < -0.39 is 0 Å². The van der Waals surface area contributed by atoms with Crippen LogP contribution in [0.5, 0.6) is 0 Å². The lowest BCUT2D eigenvalue weighted by Crippen LogP contribution is -2.44. The maximum atomic E-state index is 5.31. The van der Waals surface area contributed by atoms with Gasteiger partial charge in [-0.3, -0.25) is 9.89 Å². The lowest BCUT2D eigenvalue weighted by Gasteiger charge is -2.36. The smallest absolute Gasteiger partial charge is 0.128 e. The second-order valence-corrected chi connectivity index (χ2v) is 4.58. The van der Waals surface area contributed by atoms with Gasteiger partial charge in [0.15, 0.2) is 0 Å². The summed E-state index contributed by atoms with van der Waals surface area (Å²) < 4.78 is 5.31. The van der Waals surface area contributed by atoms with E-state index in [1.807, 2.05) is 0 Å². The predicted octanol–water partition coefficient (Wildman–Crippen LogP) is 1.59. The Morgan fingerprint density at radius 1 is 1.53 bits per heavy atom. The molecule has 1 aliphatic heterocycles. The van der Waals surface area contributed by atoms with E-state index in [4.69, 9.17) is 4.74 Å². The number of likely N-dealkylation sites (N-methyl/N-ethyl adjacent to an activating group) is 1. The minimum Gasteiger partial charge on any atom is -0.498 e. The van der Waals surface area contributed by atoms with Crippen molar-refractivity contribution in [3.63, 3.8) is 0 Å². The van der Waals surface area contributed by atoms with Crippen LogP contribution in [-0.4, -0.2) is 62.9 Å². The van der Waals surface area contributed by atoms with Crippen LogP contribution in [0.15, 0.2) is 17.0 Å². The minimum absolute atomic E-state index is 0.666. The molecule has 0 N–H and O–H groups in total. The second kappa shape index (κ2) is 7.45. The lowest BCUT2D eigenvalue weighted by molar-refractivity contribution is 0.116. The van der Waals surface area contributed by atoms with Crippen LogP contribution in [-0.2, 0) is 4.74 Å². The molecule has 0 saturated carbocycles. The van der Waals surface area contributed by atoms with E-state index in [9.17, 15) is 0 Å². The van der Waals surface area contributed by atoms with Gasteiger partial charge in [0.05, 0.1) is 19.9 Å². The normalized spacial score (nSPS) is 19.6. The van der Waals surface area contributed by atoms with Crippen molar-refractivity contribution in [2.24, 2.45) is 4.99 Å². The van der Waals surface area contributed by atoms with Crippen molar-refractivity contribution in [1.82, 2.24) is 9.80 Å². The van der Waals surface area contributed by atoms with Crippen molar-refractivity contribution >= 4 is 6.72 Å². The molecule has 4 heteroatoms. The molecule has 0 aromatic heterocycles. The first kappa shape index (κ1) is 14.2. The number of piperidine rings is 1. The van der Waals surface area contributed by atoms with Crippen molar-refractivity contribution < 1.29 is 4.74 Å². The van der Waals surface area contributed by atoms with Gasteiger partial charge >= 0.3 is 0 Å². The number of aliphatic imine (C=N–C) groups is 1. The monoisotopic (exact) mass is 239 g/mol. The van der Waals surface area contributed by atoms with Gasteiger partial charge in [-0.2, -0.15) is 0 Å². The third kappa shape index (κ3) is 4.48. The van der Waals surface area contributed by atoms with E-state index in [0.717, 1.165) is 18.8 Å². The number of ether oxygens (including phenoxy) is 1. The van der Waals surface area contributed by atoms with Gasteiger partial charge in [-0.15, -0.1) is 0 Å². The van der Waals surface area contributed by atoms with Gasteiger partial charge < -0.3 is 9.64 Å². The minimum atomic E-state index is 0.666. The van der Waals surface area contributed by atoms with E-state index >= 15 is 0 Å². The summed E-state index contributed by atoms with van der Waals surface area (Å²) in [4.78, 5) is 8.64. The SMILES string of the molecule is C=N/C=C(/CN(CC)C1CCN(C)CC1)OC. The number of methoxy groups -OCH3 is 1. The zero-order valence-corrected chi connectivity index (χ0v) is 11.4. The van der Waals surface area contributed by atoms with Crippen LogP contribution in [0.4, 0.5) is 0 Å². The summed E-state index contributed by atoms with van der Waals surface area (Å²) in [5.74, 6) is 0.890. The third-order valence-electron chi connectivity index (χ3n) is 3.47. The summed E-state index contributed by atoms with van der Waals surface area (Å²) in [6.07, 6.45) is 4.18. The molecule has 1 rings (SSSR count). The summed E-state index contributed by atoms with van der Waals surface area (Å²) in [7, 11) is 3.88. The fraction of sp³-hybridized carbons (Fsp3) is 0.769. The largest absolute Gasteiger partial charge is 0.498 e. The molecule has 1 heterocycles. The molecule has 1 saturated heterocycles. The molecule has 0 unspecified atom stereocenters. The number of hydrogen-bond acceptors (Lipinski definition) is 4. The Balaban J connectivity index is 2.52. The van der Waals surface area contributed by atoms with Gasteiger partial charge in [-0.05, 0) is 46.2 Å². The van der Waals surface area contributed by atoms with Gasteiger partial charge in [0.1, 0.15) is 5.76 Å². The molecule has 0 bridgehead atoms. The standard InChI is InChI=1S/C13H25N3O/c1-5-16(11-13(17-4)10-14-2)12-6-8-15(3)9-7-12/h10,12H,2,5-9,11H2,1,3-4H3/b13-10-. The van der Waals surface area contributed by atoms with E-state index in [1.54, 1.807) is 13.3 Å². The van der Waals surface area contributed by atoms with Crippen LogP contribution >= 0.6 is 0 Å². The average Bonchev–Trinajstić information content (AvgIpc) is 2.36. The fourth-order valence-corrected chi connectivity index (χ4v) is 2.32. The van der Waals surface area contributed by atoms with Gasteiger partial charge in [-0.1, -0.05) is 6.92 Å². The highest BCUT2D eigenvalue weighted by molar-refractivity contribution is 5.26. The first-order valence-corrected chi connectivity index (χ1v) is 6.32. The second-order valence-electron chi connectivity index (χ2n) is 4.58. The summed E-state index contributed by atoms with van der Waals surface area (Å²) in [5.41, 5.74) is 0. The highest BCUT2D eigenvalue weighted by Gasteiger charge is 2.22. The number of hydrogen-bond donors (Lipinski definition) is 0. The topological polar surface area (TPSA) is 28.1 Å². The molecule has 0 amide bonds. The van der Waals surface area contributed by atoms with Crippen LogP contribution < -0.4 is 0 Å². The highest BCUT2D eigenvalue weighted by atomic mass is 16.5. The third-order valence-corrected chi connectivity index (χ3v) is 3.47. The first-order chi connectivity index (χ1) is 8.21. The molecule has 1 fully saturated rings. The summed E-state index contributed by atoms with van der Waals surface area (Å²) >= 11 is 0. The Morgan fingerprint density at radius 2 is 2.18 bits per heavy atom. The van der Waals surface area contributed by atoms with E-state index in [1.165, 1.54) is 25.9 Å². The molecular weight excluding hydrogens is 214 g/mol. The van der Waals surface area contributed by atoms with E-state index in [0.29, 0.717) is 6.04 Å². The molecule has 0 aliphatic carbocycles. The molecule has 1 aliphatic rings. The number of rotatable bonds is 6. The molecule has 98 valence electrons. The molecule has 4 nitrogen and oxygen atoms in total. The van der Waals surface area contributed by atoms with Crippen LogP contribution in [0, 0.1) is 0 Å². The summed E-state index contributed by atoms with van der Waals surface area (Å²) in [6.45, 7) is 9.93. The fourth-order valence-electron chi connectivity index (χ4n) is 2.32. The molecular formula is C13H25N3O. The van der Waals surface area contributed by atoms with Gasteiger partial charge in [0, 0.05) is 6.04 Å². The number of nitrogens with zero attached hydrogens (tertiary/aromatic N) is 3. The Morgan fingerprint density at radius 3 is 2.65 bits per heavy atom. The van der Waals surface area contributed by atoms with Crippen LogP contribution in [0.3, 0.4) is 0 Å². The molecule has 0 spiro atoms. The highest BCUT2D eigenvalue weighted by Crippen LogP contribution is 2.16. The van der Waals surface area contributed by atoms with Crippen molar-refractivity contribution in [2.45, 2.75) is 25.8 Å². The van der Waals surface area contributed by atoms with E-state index in [-0.39, 0.29) is 0 Å². The van der Waals surface area contributed by atoms with Gasteiger partial charge in [0.2, 0.25) is 0 Å². The summed E-state index contributed by atoms with van der Waals surface area (Å²) in [6, 6.07) is 0.666. The Labute approximate surface area is 105 Å². The molecule has 17 heavy (non-hydrogen) atoms. The Bertz CT molecular complexity index is 257. The van der Waals surface area contributed by atoms with Crippen molar-refractivity contribution in [2.75, 3.05) is 40.3 Å². The van der Waals surface area contributed by atoms with Gasteiger partial charge in [0.25, 0.3) is 0 Å². The average molecular weight is 239 g/mol. The number of likely N-dealkylation sites (tertiary alicyclic amines) is 1. The van der Waals surface area contributed by atoms with Crippen LogP contribution in [0.25, 0.3) is 0 Å². The van der Waals surface area contributed by atoms with Crippen molar-refractivity contribution in [3.05, 3.63) is 12.0 Å². The molecule has 0 aromatic rings. The van der Waals surface area contributed by atoms with E-state index in [2.05, 4.69) is 35.5 Å². The first-order valence-electron chi connectivity index (χ1n) is 6.32. The van der Waals surface area contributed by atoms with Crippen molar-refractivity contribution in [1.29, 1.82) is 0 Å². The molecule has 0 radical (unpaired) electrons. The zero-order valence-electron chi connectivity index (χ0n) is 11.4. The quantitative estimate of drug-likeness (QED) is 0.520. The molecule has 0 atom stereocenters. The Kier molecular flexibility index (Phi) is 6.22. The lowest BCUT2D eigenvalue weighted by atomic mass is 10.0.